The second kappa shape index (κ2) is 9.01. The highest BCUT2D eigenvalue weighted by Crippen LogP contribution is 2.26. The average Bonchev–Trinajstić information content (AvgIpc) is 3.04. The number of aromatic nitrogens is 1. The normalized spacial score (nSPS) is 18.2. The average molecular weight is 427 g/mol. The van der Waals surface area contributed by atoms with Crippen LogP contribution < -0.4 is 16.4 Å². The molecule has 1 atom stereocenters. The number of anilines is 1. The van der Waals surface area contributed by atoms with Gasteiger partial charge in [0.1, 0.15) is 0 Å². The van der Waals surface area contributed by atoms with Gasteiger partial charge in [-0.3, -0.25) is 14.7 Å². The maximum Gasteiger partial charge on any atom is 0.419 e. The van der Waals surface area contributed by atoms with E-state index in [1.54, 1.807) is 18.2 Å². The van der Waals surface area contributed by atoms with Crippen LogP contribution in [0.3, 0.4) is 0 Å². The maximum atomic E-state index is 13.2. The lowest BCUT2D eigenvalue weighted by atomic mass is 10.1. The summed E-state index contributed by atoms with van der Waals surface area (Å²) in [7, 11) is 3.78. The zero-order chi connectivity index (χ0) is 18.2. The van der Waals surface area contributed by atoms with Crippen LogP contribution in [0.1, 0.15) is 6.42 Å². The molecule has 152 valence electrons. The van der Waals surface area contributed by atoms with Crippen molar-refractivity contribution in [3.63, 3.8) is 0 Å². The Balaban J connectivity index is 0.00000182. The molecule has 1 unspecified atom stereocenters. The molecule has 0 aliphatic carbocycles. The van der Waals surface area contributed by atoms with Crippen LogP contribution in [0.2, 0.25) is 0 Å². The zero-order valence-corrected chi connectivity index (χ0v) is 16.5. The van der Waals surface area contributed by atoms with Crippen LogP contribution in [0.4, 0.5) is 14.5 Å². The SMILES string of the molecule is CN(C)CCn1c(=O)oc2ccc(NC(=O)C3CC(F)(F)CN3)cc21.Cl.Cl. The second-order valence-corrected chi connectivity index (χ2v) is 6.49. The lowest BCUT2D eigenvalue weighted by molar-refractivity contribution is -0.118. The summed E-state index contributed by atoms with van der Waals surface area (Å²) in [6.07, 6.45) is -0.527. The van der Waals surface area contributed by atoms with E-state index in [1.807, 2.05) is 19.0 Å². The number of nitrogens with one attached hydrogen (secondary N) is 2. The van der Waals surface area contributed by atoms with E-state index in [9.17, 15) is 18.4 Å². The number of amides is 1. The van der Waals surface area contributed by atoms with Gasteiger partial charge in [-0.05, 0) is 32.3 Å². The molecule has 1 aliphatic rings. The number of carbonyl (C=O) groups is 1. The first-order valence-corrected chi connectivity index (χ1v) is 7.95. The van der Waals surface area contributed by atoms with Crippen molar-refractivity contribution in [2.45, 2.75) is 24.9 Å². The topological polar surface area (TPSA) is 79.5 Å². The van der Waals surface area contributed by atoms with E-state index in [2.05, 4.69) is 10.6 Å². The number of benzene rings is 1. The number of halogens is 4. The summed E-state index contributed by atoms with van der Waals surface area (Å²) in [5, 5.41) is 5.12. The molecule has 0 radical (unpaired) electrons. The third-order valence-electron chi connectivity index (χ3n) is 4.13. The van der Waals surface area contributed by atoms with Crippen LogP contribution in [0.15, 0.2) is 27.4 Å². The van der Waals surface area contributed by atoms with Crippen LogP contribution in [-0.2, 0) is 11.3 Å². The molecule has 2 N–H and O–H groups in total. The summed E-state index contributed by atoms with van der Waals surface area (Å²) in [6.45, 7) is 0.578. The summed E-state index contributed by atoms with van der Waals surface area (Å²) < 4.78 is 33.1. The standard InChI is InChI=1S/C16H20F2N4O3.2ClH/c1-21(2)5-6-22-12-7-10(3-4-13(12)25-15(22)24)20-14(23)11-8-16(17,18)9-19-11;;/h3-4,7,11,19H,5-6,8-9H2,1-2H3,(H,20,23);2*1H. The number of fused-ring (bicyclic) bond motifs is 1. The molecule has 0 bridgehead atoms. The van der Waals surface area contributed by atoms with Crippen molar-refractivity contribution in [1.82, 2.24) is 14.8 Å². The predicted molar refractivity (Wildman–Crippen MR) is 104 cm³/mol. The van der Waals surface area contributed by atoms with Gasteiger partial charge in [-0.15, -0.1) is 24.8 Å². The van der Waals surface area contributed by atoms with Crippen molar-refractivity contribution in [2.24, 2.45) is 0 Å². The predicted octanol–water partition coefficient (Wildman–Crippen LogP) is 1.94. The van der Waals surface area contributed by atoms with E-state index in [0.717, 1.165) is 0 Å². The lowest BCUT2D eigenvalue weighted by Gasteiger charge is -2.12. The Labute approximate surface area is 166 Å². The van der Waals surface area contributed by atoms with Gasteiger partial charge in [0.15, 0.2) is 5.58 Å². The van der Waals surface area contributed by atoms with Crippen molar-refractivity contribution in [3.8, 4) is 0 Å². The summed E-state index contributed by atoms with van der Waals surface area (Å²) in [5.41, 5.74) is 1.38. The van der Waals surface area contributed by atoms with Crippen molar-refractivity contribution in [1.29, 1.82) is 0 Å². The fourth-order valence-corrected chi connectivity index (χ4v) is 2.78. The molecule has 2 heterocycles. The summed E-state index contributed by atoms with van der Waals surface area (Å²) in [6, 6.07) is 3.83. The molecule has 11 heteroatoms. The Morgan fingerprint density at radius 1 is 1.41 bits per heavy atom. The van der Waals surface area contributed by atoms with E-state index in [0.29, 0.717) is 29.9 Å². The number of nitrogens with zero attached hydrogens (tertiary/aromatic N) is 2. The fraction of sp³-hybridized carbons (Fsp3) is 0.500. The highest BCUT2D eigenvalue weighted by molar-refractivity contribution is 5.96. The van der Waals surface area contributed by atoms with Crippen molar-refractivity contribution in [2.75, 3.05) is 32.5 Å². The molecule has 1 aromatic carbocycles. The van der Waals surface area contributed by atoms with Crippen molar-refractivity contribution < 1.29 is 18.0 Å². The Morgan fingerprint density at radius 2 is 2.11 bits per heavy atom. The number of rotatable bonds is 5. The van der Waals surface area contributed by atoms with Crippen molar-refractivity contribution >= 4 is 47.5 Å². The van der Waals surface area contributed by atoms with Crippen LogP contribution in [0, 0.1) is 0 Å². The molecule has 1 amide bonds. The van der Waals surface area contributed by atoms with Crippen LogP contribution >= 0.6 is 24.8 Å². The van der Waals surface area contributed by atoms with Gasteiger partial charge in [-0.25, -0.2) is 13.6 Å². The largest absolute Gasteiger partial charge is 0.419 e. The smallest absolute Gasteiger partial charge is 0.408 e. The van der Waals surface area contributed by atoms with E-state index >= 15 is 0 Å². The van der Waals surface area contributed by atoms with E-state index in [1.165, 1.54) is 4.57 Å². The van der Waals surface area contributed by atoms with Gasteiger partial charge < -0.3 is 14.6 Å². The molecule has 0 saturated carbocycles. The molecule has 1 fully saturated rings. The van der Waals surface area contributed by atoms with Gasteiger partial charge in [0, 0.05) is 25.2 Å². The van der Waals surface area contributed by atoms with E-state index in [-0.39, 0.29) is 24.8 Å². The molecule has 0 spiro atoms. The van der Waals surface area contributed by atoms with E-state index < -0.39 is 36.6 Å². The third-order valence-corrected chi connectivity index (χ3v) is 4.13. The number of likely N-dealkylation sites (N-methyl/N-ethyl adjacent to an activating group) is 1. The first kappa shape index (κ1) is 23.4. The number of hydrogen-bond donors (Lipinski definition) is 2. The van der Waals surface area contributed by atoms with Crippen LogP contribution in [0.5, 0.6) is 0 Å². The summed E-state index contributed by atoms with van der Waals surface area (Å²) in [4.78, 5) is 26.0. The third kappa shape index (κ3) is 5.41. The molecular formula is C16H22Cl2F2N4O3. The van der Waals surface area contributed by atoms with Gasteiger partial charge in [0.25, 0.3) is 5.92 Å². The van der Waals surface area contributed by atoms with Crippen LogP contribution in [0.25, 0.3) is 11.1 Å². The number of oxazole rings is 1. The summed E-state index contributed by atoms with van der Waals surface area (Å²) >= 11 is 0. The first-order valence-electron chi connectivity index (χ1n) is 7.95. The highest BCUT2D eigenvalue weighted by Gasteiger charge is 2.42. The summed E-state index contributed by atoms with van der Waals surface area (Å²) in [5.74, 6) is -3.87. The quantitative estimate of drug-likeness (QED) is 0.763. The zero-order valence-electron chi connectivity index (χ0n) is 14.8. The number of alkyl halides is 2. The van der Waals surface area contributed by atoms with Gasteiger partial charge in [-0.1, -0.05) is 0 Å². The highest BCUT2D eigenvalue weighted by atomic mass is 35.5. The molecule has 1 saturated heterocycles. The first-order chi connectivity index (χ1) is 11.7. The van der Waals surface area contributed by atoms with Crippen LogP contribution in [-0.4, -0.2) is 54.5 Å². The molecule has 27 heavy (non-hydrogen) atoms. The minimum atomic E-state index is -2.87. The molecule has 7 nitrogen and oxygen atoms in total. The second-order valence-electron chi connectivity index (χ2n) is 6.49. The number of hydrogen-bond acceptors (Lipinski definition) is 5. The Kier molecular flexibility index (Phi) is 7.79. The Morgan fingerprint density at radius 3 is 2.70 bits per heavy atom. The Bertz CT molecular complexity index is 854. The monoisotopic (exact) mass is 426 g/mol. The number of carbonyl (C=O) groups excluding carboxylic acids is 1. The molecule has 3 rings (SSSR count). The van der Waals surface area contributed by atoms with Gasteiger partial charge in [0.2, 0.25) is 5.91 Å². The van der Waals surface area contributed by atoms with Crippen molar-refractivity contribution in [3.05, 3.63) is 28.7 Å². The Hall–Kier alpha value is -1.68. The van der Waals surface area contributed by atoms with E-state index in [4.69, 9.17) is 4.42 Å². The fourth-order valence-electron chi connectivity index (χ4n) is 2.78. The van der Waals surface area contributed by atoms with Gasteiger partial charge in [0.05, 0.1) is 18.1 Å². The molecule has 1 aromatic heterocycles. The molecule has 2 aromatic rings. The minimum absolute atomic E-state index is 0. The molecule has 1 aliphatic heterocycles. The van der Waals surface area contributed by atoms with Gasteiger partial charge in [-0.2, -0.15) is 0 Å². The molecular weight excluding hydrogens is 405 g/mol. The lowest BCUT2D eigenvalue weighted by Crippen LogP contribution is -2.35. The minimum Gasteiger partial charge on any atom is -0.408 e. The van der Waals surface area contributed by atoms with Gasteiger partial charge >= 0.3 is 5.76 Å². The maximum absolute atomic E-state index is 13.2.